The zero-order valence-corrected chi connectivity index (χ0v) is 11.9. The van der Waals surface area contributed by atoms with Gasteiger partial charge in [-0.25, -0.2) is 0 Å². The SMILES string of the molecule is COc1ccc2c(c1)O[C@H]1COc3ccccc3[C@@]1(O)C2=O. The predicted molar refractivity (Wildman–Crippen MR) is 77.6 cm³/mol. The maximum atomic E-state index is 12.9. The lowest BCUT2D eigenvalue weighted by Gasteiger charge is -2.42. The molecule has 0 spiro atoms. The van der Waals surface area contributed by atoms with E-state index in [1.807, 2.05) is 0 Å². The van der Waals surface area contributed by atoms with E-state index >= 15 is 0 Å². The zero-order chi connectivity index (χ0) is 15.3. The van der Waals surface area contributed by atoms with Crippen LogP contribution in [0.15, 0.2) is 42.5 Å². The van der Waals surface area contributed by atoms with E-state index in [1.54, 1.807) is 49.6 Å². The summed E-state index contributed by atoms with van der Waals surface area (Å²) in [6.07, 6.45) is -0.783. The average Bonchev–Trinajstić information content (AvgIpc) is 2.56. The Labute approximate surface area is 127 Å². The molecule has 2 aromatic carbocycles. The molecule has 5 nitrogen and oxygen atoms in total. The first kappa shape index (κ1) is 13.2. The fourth-order valence-corrected chi connectivity index (χ4v) is 3.03. The minimum absolute atomic E-state index is 0.107. The summed E-state index contributed by atoms with van der Waals surface area (Å²) in [6.45, 7) is 0.107. The van der Waals surface area contributed by atoms with Gasteiger partial charge in [0.25, 0.3) is 0 Å². The molecule has 0 fully saturated rings. The summed E-state index contributed by atoms with van der Waals surface area (Å²) in [4.78, 5) is 12.9. The predicted octanol–water partition coefficient (Wildman–Crippen LogP) is 1.92. The molecule has 2 atom stereocenters. The second-order valence-corrected chi connectivity index (χ2v) is 5.37. The molecule has 0 unspecified atom stereocenters. The number of fused-ring (bicyclic) bond motifs is 4. The van der Waals surface area contributed by atoms with Gasteiger partial charge in [0, 0.05) is 11.6 Å². The van der Waals surface area contributed by atoms with Crippen LogP contribution in [0.4, 0.5) is 0 Å². The molecule has 4 rings (SSSR count). The molecule has 0 bridgehead atoms. The number of hydrogen-bond donors (Lipinski definition) is 1. The summed E-state index contributed by atoms with van der Waals surface area (Å²) in [6, 6.07) is 11.9. The summed E-state index contributed by atoms with van der Waals surface area (Å²) in [5, 5.41) is 11.1. The van der Waals surface area contributed by atoms with Crippen LogP contribution < -0.4 is 14.2 Å². The third kappa shape index (κ3) is 1.60. The molecular weight excluding hydrogens is 284 g/mol. The van der Waals surface area contributed by atoms with E-state index in [9.17, 15) is 9.90 Å². The van der Waals surface area contributed by atoms with Crippen molar-refractivity contribution in [2.45, 2.75) is 11.7 Å². The Morgan fingerprint density at radius 3 is 2.86 bits per heavy atom. The van der Waals surface area contributed by atoms with Gasteiger partial charge < -0.3 is 19.3 Å². The van der Waals surface area contributed by atoms with Crippen molar-refractivity contribution in [3.05, 3.63) is 53.6 Å². The summed E-state index contributed by atoms with van der Waals surface area (Å²) in [5.74, 6) is 1.13. The molecule has 0 radical (unpaired) electrons. The molecule has 1 N–H and O–H groups in total. The van der Waals surface area contributed by atoms with Crippen LogP contribution in [0.5, 0.6) is 17.2 Å². The maximum Gasteiger partial charge on any atom is 0.206 e. The second kappa shape index (κ2) is 4.48. The number of hydrogen-bond acceptors (Lipinski definition) is 5. The first-order valence-corrected chi connectivity index (χ1v) is 6.99. The van der Waals surface area contributed by atoms with Gasteiger partial charge in [-0.3, -0.25) is 4.79 Å². The van der Waals surface area contributed by atoms with E-state index in [4.69, 9.17) is 14.2 Å². The lowest BCUT2D eigenvalue weighted by molar-refractivity contribution is -0.0798. The number of carbonyl (C=O) groups is 1. The Morgan fingerprint density at radius 1 is 1.23 bits per heavy atom. The van der Waals surface area contributed by atoms with Crippen molar-refractivity contribution in [2.75, 3.05) is 13.7 Å². The fourth-order valence-electron chi connectivity index (χ4n) is 3.03. The van der Waals surface area contributed by atoms with Gasteiger partial charge in [0.1, 0.15) is 23.9 Å². The Kier molecular flexibility index (Phi) is 2.68. The van der Waals surface area contributed by atoms with Crippen molar-refractivity contribution in [2.24, 2.45) is 0 Å². The number of ether oxygens (including phenoxy) is 3. The molecule has 2 aliphatic heterocycles. The Morgan fingerprint density at radius 2 is 2.05 bits per heavy atom. The highest BCUT2D eigenvalue weighted by Gasteiger charge is 2.55. The molecule has 0 amide bonds. The first-order valence-electron chi connectivity index (χ1n) is 6.99. The van der Waals surface area contributed by atoms with E-state index in [2.05, 4.69) is 0 Å². The lowest BCUT2D eigenvalue weighted by atomic mass is 9.78. The van der Waals surface area contributed by atoms with Gasteiger partial charge in [-0.1, -0.05) is 18.2 Å². The van der Waals surface area contributed by atoms with Crippen LogP contribution in [0.1, 0.15) is 15.9 Å². The minimum atomic E-state index is -1.73. The van der Waals surface area contributed by atoms with Crippen molar-refractivity contribution >= 4 is 5.78 Å². The van der Waals surface area contributed by atoms with Crippen molar-refractivity contribution < 1.29 is 24.1 Å². The molecule has 0 aliphatic carbocycles. The zero-order valence-electron chi connectivity index (χ0n) is 11.9. The summed E-state index contributed by atoms with van der Waals surface area (Å²) in [7, 11) is 1.54. The quantitative estimate of drug-likeness (QED) is 0.871. The molecule has 2 aliphatic rings. The molecule has 0 aromatic heterocycles. The monoisotopic (exact) mass is 298 g/mol. The van der Waals surface area contributed by atoms with Crippen LogP contribution in [-0.2, 0) is 5.60 Å². The van der Waals surface area contributed by atoms with Gasteiger partial charge in [0.15, 0.2) is 11.7 Å². The third-order valence-electron chi connectivity index (χ3n) is 4.20. The molecule has 2 aromatic rings. The summed E-state index contributed by atoms with van der Waals surface area (Å²) in [5.41, 5.74) is -0.940. The Balaban J connectivity index is 1.89. The van der Waals surface area contributed by atoms with Crippen LogP contribution in [0.2, 0.25) is 0 Å². The second-order valence-electron chi connectivity index (χ2n) is 5.37. The topological polar surface area (TPSA) is 65.0 Å². The van der Waals surface area contributed by atoms with Crippen molar-refractivity contribution in [3.8, 4) is 17.2 Å². The number of rotatable bonds is 1. The van der Waals surface area contributed by atoms with Gasteiger partial charge in [0.05, 0.1) is 12.7 Å². The normalized spacial score (nSPS) is 25.2. The molecular formula is C17H14O5. The van der Waals surface area contributed by atoms with Gasteiger partial charge in [0.2, 0.25) is 5.78 Å². The lowest BCUT2D eigenvalue weighted by Crippen LogP contribution is -2.57. The number of benzene rings is 2. The highest BCUT2D eigenvalue weighted by atomic mass is 16.6. The summed E-state index contributed by atoms with van der Waals surface area (Å²) < 4.78 is 16.6. The van der Waals surface area contributed by atoms with Gasteiger partial charge in [-0.05, 0) is 18.2 Å². The first-order chi connectivity index (χ1) is 10.6. The van der Waals surface area contributed by atoms with Crippen LogP contribution in [-0.4, -0.2) is 30.7 Å². The standard InChI is InChI=1S/C17H14O5/c1-20-10-6-7-11-14(8-10)22-15-9-21-13-5-3-2-4-12(13)17(15,19)16(11)18/h2-8,15,19H,9H2,1H3/t15-,17-/m0/s1. The average molecular weight is 298 g/mol. The van der Waals surface area contributed by atoms with Crippen LogP contribution >= 0.6 is 0 Å². The molecule has 2 heterocycles. The molecule has 5 heteroatoms. The van der Waals surface area contributed by atoms with E-state index < -0.39 is 11.7 Å². The fraction of sp³-hybridized carbons (Fsp3) is 0.235. The van der Waals surface area contributed by atoms with Gasteiger partial charge in [-0.15, -0.1) is 0 Å². The number of carbonyl (C=O) groups excluding carboxylic acids is 1. The van der Waals surface area contributed by atoms with Crippen molar-refractivity contribution in [1.29, 1.82) is 0 Å². The smallest absolute Gasteiger partial charge is 0.206 e. The van der Waals surface area contributed by atoms with E-state index in [0.717, 1.165) is 0 Å². The number of ketones is 1. The van der Waals surface area contributed by atoms with E-state index in [1.165, 1.54) is 0 Å². The van der Waals surface area contributed by atoms with Crippen LogP contribution in [0, 0.1) is 0 Å². The molecule has 112 valence electrons. The maximum absolute atomic E-state index is 12.9. The third-order valence-corrected chi connectivity index (χ3v) is 4.20. The largest absolute Gasteiger partial charge is 0.497 e. The molecule has 0 saturated heterocycles. The highest BCUT2D eigenvalue weighted by Crippen LogP contribution is 2.45. The number of aliphatic hydroxyl groups is 1. The van der Waals surface area contributed by atoms with Gasteiger partial charge in [-0.2, -0.15) is 0 Å². The van der Waals surface area contributed by atoms with E-state index in [-0.39, 0.29) is 12.4 Å². The number of methoxy groups -OCH3 is 1. The number of Topliss-reactive ketones (excluding diaryl/α,β-unsaturated/α-hetero) is 1. The molecule has 0 saturated carbocycles. The van der Waals surface area contributed by atoms with E-state index in [0.29, 0.717) is 28.4 Å². The Bertz CT molecular complexity index is 769. The summed E-state index contributed by atoms with van der Waals surface area (Å²) >= 11 is 0. The van der Waals surface area contributed by atoms with Crippen molar-refractivity contribution in [3.63, 3.8) is 0 Å². The van der Waals surface area contributed by atoms with Crippen LogP contribution in [0.3, 0.4) is 0 Å². The highest BCUT2D eigenvalue weighted by molar-refractivity contribution is 6.07. The number of para-hydroxylation sites is 1. The molecule has 22 heavy (non-hydrogen) atoms. The van der Waals surface area contributed by atoms with Crippen LogP contribution in [0.25, 0.3) is 0 Å². The minimum Gasteiger partial charge on any atom is -0.497 e. The Hall–Kier alpha value is -2.53. The van der Waals surface area contributed by atoms with Gasteiger partial charge >= 0.3 is 0 Å². The van der Waals surface area contributed by atoms with Crippen molar-refractivity contribution in [1.82, 2.24) is 0 Å².